The third kappa shape index (κ3) is 2.66. The quantitative estimate of drug-likeness (QED) is 0.844. The van der Waals surface area contributed by atoms with Gasteiger partial charge in [-0.1, -0.05) is 22.9 Å². The zero-order chi connectivity index (χ0) is 10.7. The molecule has 14 heavy (non-hydrogen) atoms. The van der Waals surface area contributed by atoms with E-state index >= 15 is 0 Å². The monoisotopic (exact) mass is 255 g/mol. The van der Waals surface area contributed by atoms with E-state index in [1.807, 2.05) is 18.2 Å². The number of carbonyl (C=O) groups is 1. The highest BCUT2D eigenvalue weighted by atomic mass is 79.9. The SMILES string of the molecule is CCc1cc(Br)cc(C(=O)C(C)N)c1. The molecular formula is C11H14BrNO. The molecule has 0 spiro atoms. The molecule has 2 nitrogen and oxygen atoms in total. The first-order valence-electron chi connectivity index (χ1n) is 4.64. The summed E-state index contributed by atoms with van der Waals surface area (Å²) in [6.07, 6.45) is 0.915. The van der Waals surface area contributed by atoms with Gasteiger partial charge in [-0.3, -0.25) is 4.79 Å². The summed E-state index contributed by atoms with van der Waals surface area (Å²) < 4.78 is 0.931. The first kappa shape index (κ1) is 11.4. The van der Waals surface area contributed by atoms with E-state index in [-0.39, 0.29) is 5.78 Å². The Bertz CT molecular complexity index is 347. The van der Waals surface area contributed by atoms with Crippen molar-refractivity contribution < 1.29 is 4.79 Å². The predicted molar refractivity (Wildman–Crippen MR) is 61.5 cm³/mol. The zero-order valence-corrected chi connectivity index (χ0v) is 9.97. The second-order valence-electron chi connectivity index (χ2n) is 3.35. The third-order valence-electron chi connectivity index (χ3n) is 2.06. The fourth-order valence-corrected chi connectivity index (χ4v) is 1.80. The van der Waals surface area contributed by atoms with Crippen LogP contribution in [0.3, 0.4) is 0 Å². The summed E-state index contributed by atoms with van der Waals surface area (Å²) in [4.78, 5) is 11.6. The van der Waals surface area contributed by atoms with E-state index in [0.717, 1.165) is 16.5 Å². The minimum absolute atomic E-state index is 0.0130. The van der Waals surface area contributed by atoms with E-state index in [2.05, 4.69) is 22.9 Å². The van der Waals surface area contributed by atoms with Gasteiger partial charge in [-0.2, -0.15) is 0 Å². The Morgan fingerprint density at radius 2 is 2.14 bits per heavy atom. The smallest absolute Gasteiger partial charge is 0.179 e. The molecule has 1 aromatic carbocycles. The van der Waals surface area contributed by atoms with E-state index in [1.54, 1.807) is 6.92 Å². The maximum atomic E-state index is 11.6. The van der Waals surface area contributed by atoms with Crippen LogP contribution >= 0.6 is 15.9 Å². The van der Waals surface area contributed by atoms with Gasteiger partial charge < -0.3 is 5.73 Å². The highest BCUT2D eigenvalue weighted by Gasteiger charge is 2.11. The number of rotatable bonds is 3. The van der Waals surface area contributed by atoms with Crippen LogP contribution in [0.25, 0.3) is 0 Å². The Hall–Kier alpha value is -0.670. The maximum Gasteiger partial charge on any atom is 0.179 e. The van der Waals surface area contributed by atoms with Crippen LogP contribution in [0.15, 0.2) is 22.7 Å². The second kappa shape index (κ2) is 4.71. The summed E-state index contributed by atoms with van der Waals surface area (Å²) in [5, 5.41) is 0. The van der Waals surface area contributed by atoms with Gasteiger partial charge in [0, 0.05) is 10.0 Å². The molecule has 0 aliphatic carbocycles. The first-order chi connectivity index (χ1) is 6.54. The number of halogens is 1. The van der Waals surface area contributed by atoms with Gasteiger partial charge in [0.05, 0.1) is 6.04 Å². The lowest BCUT2D eigenvalue weighted by molar-refractivity contribution is 0.0968. The lowest BCUT2D eigenvalue weighted by Gasteiger charge is -2.07. The minimum Gasteiger partial charge on any atom is -0.321 e. The number of hydrogen-bond donors (Lipinski definition) is 1. The van der Waals surface area contributed by atoms with E-state index in [0.29, 0.717) is 5.56 Å². The molecule has 0 heterocycles. The number of carbonyl (C=O) groups excluding carboxylic acids is 1. The van der Waals surface area contributed by atoms with Crippen LogP contribution in [0.5, 0.6) is 0 Å². The van der Waals surface area contributed by atoms with Crippen LogP contribution in [0.1, 0.15) is 29.8 Å². The summed E-state index contributed by atoms with van der Waals surface area (Å²) in [6, 6.07) is 5.29. The van der Waals surface area contributed by atoms with Crippen molar-refractivity contribution in [2.24, 2.45) is 5.73 Å². The predicted octanol–water partition coefficient (Wildman–Crippen LogP) is 2.54. The molecule has 0 radical (unpaired) electrons. The van der Waals surface area contributed by atoms with Crippen molar-refractivity contribution in [1.29, 1.82) is 0 Å². The maximum absolute atomic E-state index is 11.6. The van der Waals surface area contributed by atoms with E-state index in [9.17, 15) is 4.79 Å². The number of benzene rings is 1. The van der Waals surface area contributed by atoms with Crippen molar-refractivity contribution >= 4 is 21.7 Å². The van der Waals surface area contributed by atoms with E-state index in [1.165, 1.54) is 0 Å². The number of aryl methyl sites for hydroxylation is 1. The third-order valence-corrected chi connectivity index (χ3v) is 2.52. The van der Waals surface area contributed by atoms with Crippen molar-refractivity contribution in [3.63, 3.8) is 0 Å². The Morgan fingerprint density at radius 1 is 1.50 bits per heavy atom. The van der Waals surface area contributed by atoms with Crippen molar-refractivity contribution in [3.8, 4) is 0 Å². The van der Waals surface area contributed by atoms with Gasteiger partial charge in [0.25, 0.3) is 0 Å². The van der Waals surface area contributed by atoms with Crippen molar-refractivity contribution in [1.82, 2.24) is 0 Å². The van der Waals surface area contributed by atoms with Crippen LogP contribution in [-0.2, 0) is 6.42 Å². The normalized spacial score (nSPS) is 12.6. The largest absolute Gasteiger partial charge is 0.321 e. The average Bonchev–Trinajstić information content (AvgIpc) is 2.15. The molecule has 0 aliphatic rings. The van der Waals surface area contributed by atoms with Gasteiger partial charge in [0.15, 0.2) is 5.78 Å². The Morgan fingerprint density at radius 3 is 2.64 bits per heavy atom. The first-order valence-corrected chi connectivity index (χ1v) is 5.43. The standard InChI is InChI=1S/C11H14BrNO/c1-3-8-4-9(6-10(12)5-8)11(14)7(2)13/h4-7H,3,13H2,1-2H3. The summed E-state index contributed by atoms with van der Waals surface area (Å²) in [5.41, 5.74) is 7.37. The molecule has 0 amide bonds. The van der Waals surface area contributed by atoms with E-state index in [4.69, 9.17) is 5.73 Å². The van der Waals surface area contributed by atoms with Crippen molar-refractivity contribution in [2.75, 3.05) is 0 Å². The number of nitrogens with two attached hydrogens (primary N) is 1. The van der Waals surface area contributed by atoms with Crippen molar-refractivity contribution in [2.45, 2.75) is 26.3 Å². The van der Waals surface area contributed by atoms with Gasteiger partial charge in [-0.15, -0.1) is 0 Å². The van der Waals surface area contributed by atoms with Gasteiger partial charge >= 0.3 is 0 Å². The summed E-state index contributed by atoms with van der Waals surface area (Å²) in [6.45, 7) is 3.76. The molecule has 1 aromatic rings. The highest BCUT2D eigenvalue weighted by Crippen LogP contribution is 2.17. The Labute approximate surface area is 92.6 Å². The van der Waals surface area contributed by atoms with Crippen LogP contribution in [0, 0.1) is 0 Å². The average molecular weight is 256 g/mol. The highest BCUT2D eigenvalue weighted by molar-refractivity contribution is 9.10. The molecule has 0 saturated carbocycles. The molecule has 0 saturated heterocycles. The van der Waals surface area contributed by atoms with Crippen molar-refractivity contribution in [3.05, 3.63) is 33.8 Å². The lowest BCUT2D eigenvalue weighted by atomic mass is 10.0. The molecule has 3 heteroatoms. The van der Waals surface area contributed by atoms with Crippen LogP contribution in [-0.4, -0.2) is 11.8 Å². The molecule has 1 unspecified atom stereocenters. The molecule has 1 atom stereocenters. The Balaban J connectivity index is 3.09. The number of hydrogen-bond acceptors (Lipinski definition) is 2. The van der Waals surface area contributed by atoms with Gasteiger partial charge in [-0.05, 0) is 37.1 Å². The zero-order valence-electron chi connectivity index (χ0n) is 8.38. The fourth-order valence-electron chi connectivity index (χ4n) is 1.26. The summed E-state index contributed by atoms with van der Waals surface area (Å²) in [5.74, 6) is -0.0130. The number of Topliss-reactive ketones (excluding diaryl/α,β-unsaturated/α-hetero) is 1. The lowest BCUT2D eigenvalue weighted by Crippen LogP contribution is -2.26. The van der Waals surface area contributed by atoms with Crippen LogP contribution in [0.4, 0.5) is 0 Å². The molecule has 0 fully saturated rings. The summed E-state index contributed by atoms with van der Waals surface area (Å²) >= 11 is 3.38. The summed E-state index contributed by atoms with van der Waals surface area (Å²) in [7, 11) is 0. The second-order valence-corrected chi connectivity index (χ2v) is 4.27. The minimum atomic E-state index is -0.436. The Kier molecular flexibility index (Phi) is 3.84. The van der Waals surface area contributed by atoms with Crippen LogP contribution in [0.2, 0.25) is 0 Å². The molecule has 1 rings (SSSR count). The molecule has 0 aromatic heterocycles. The van der Waals surface area contributed by atoms with Gasteiger partial charge in [0.2, 0.25) is 0 Å². The van der Waals surface area contributed by atoms with Crippen LogP contribution < -0.4 is 5.73 Å². The number of ketones is 1. The molecule has 2 N–H and O–H groups in total. The molecule has 0 bridgehead atoms. The van der Waals surface area contributed by atoms with Gasteiger partial charge in [-0.25, -0.2) is 0 Å². The molecular weight excluding hydrogens is 242 g/mol. The van der Waals surface area contributed by atoms with E-state index < -0.39 is 6.04 Å². The molecule has 76 valence electrons. The topological polar surface area (TPSA) is 43.1 Å². The fraction of sp³-hybridized carbons (Fsp3) is 0.364. The van der Waals surface area contributed by atoms with Gasteiger partial charge in [0.1, 0.15) is 0 Å². The molecule has 0 aliphatic heterocycles.